The molecule has 0 atom stereocenters. The molecule has 0 aliphatic rings. The fourth-order valence-corrected chi connectivity index (χ4v) is 3.19. The predicted octanol–water partition coefficient (Wildman–Crippen LogP) is 4.00. The van der Waals surface area contributed by atoms with Crippen molar-refractivity contribution in [1.82, 2.24) is 15.5 Å². The van der Waals surface area contributed by atoms with Crippen molar-refractivity contribution in [2.75, 3.05) is 13.1 Å². The number of aromatic nitrogens is 2. The van der Waals surface area contributed by atoms with Gasteiger partial charge in [0.25, 0.3) is 0 Å². The van der Waals surface area contributed by atoms with E-state index >= 15 is 0 Å². The van der Waals surface area contributed by atoms with Gasteiger partial charge in [0.15, 0.2) is 0 Å². The first kappa shape index (κ1) is 16.1. The molecular weight excluding hydrogens is 278 g/mol. The molecule has 1 aromatic heterocycles. The third-order valence-electron chi connectivity index (χ3n) is 3.23. The van der Waals surface area contributed by atoms with Crippen LogP contribution in [0.15, 0.2) is 18.2 Å². The van der Waals surface area contributed by atoms with E-state index in [0.717, 1.165) is 35.9 Å². The molecule has 0 saturated carbocycles. The highest BCUT2D eigenvalue weighted by molar-refractivity contribution is 7.14. The second-order valence-electron chi connectivity index (χ2n) is 6.08. The summed E-state index contributed by atoms with van der Waals surface area (Å²) in [6, 6.07) is 6.55. The standard InChI is InChI=1S/C17H25N3S/c1-12(2)11-18-7-5-6-16-19-20-17(21-16)15-9-13(3)8-14(4)10-15/h8-10,12,18H,5-7,11H2,1-4H3. The highest BCUT2D eigenvalue weighted by Crippen LogP contribution is 2.25. The van der Waals surface area contributed by atoms with Crippen molar-refractivity contribution in [2.24, 2.45) is 5.92 Å². The van der Waals surface area contributed by atoms with Crippen molar-refractivity contribution in [3.05, 3.63) is 34.3 Å². The molecule has 21 heavy (non-hydrogen) atoms. The second-order valence-corrected chi connectivity index (χ2v) is 7.14. The molecule has 2 rings (SSSR count). The zero-order valence-electron chi connectivity index (χ0n) is 13.4. The van der Waals surface area contributed by atoms with Crippen LogP contribution in [0.3, 0.4) is 0 Å². The zero-order valence-corrected chi connectivity index (χ0v) is 14.3. The maximum absolute atomic E-state index is 4.34. The maximum atomic E-state index is 4.34. The van der Waals surface area contributed by atoms with E-state index in [9.17, 15) is 0 Å². The van der Waals surface area contributed by atoms with Crippen LogP contribution in [-0.2, 0) is 6.42 Å². The summed E-state index contributed by atoms with van der Waals surface area (Å²) in [6.07, 6.45) is 2.13. The molecule has 1 N–H and O–H groups in total. The summed E-state index contributed by atoms with van der Waals surface area (Å²) in [5.41, 5.74) is 3.74. The Kier molecular flexibility index (Phi) is 5.88. The van der Waals surface area contributed by atoms with Crippen LogP contribution in [0.2, 0.25) is 0 Å². The summed E-state index contributed by atoms with van der Waals surface area (Å²) in [5.74, 6) is 0.711. The minimum atomic E-state index is 0.711. The number of benzene rings is 1. The molecule has 0 amide bonds. The van der Waals surface area contributed by atoms with Crippen LogP contribution < -0.4 is 5.32 Å². The van der Waals surface area contributed by atoms with Crippen LogP contribution >= 0.6 is 11.3 Å². The number of hydrogen-bond acceptors (Lipinski definition) is 4. The quantitative estimate of drug-likeness (QED) is 0.786. The van der Waals surface area contributed by atoms with Crippen molar-refractivity contribution in [3.8, 4) is 10.6 Å². The molecule has 3 nitrogen and oxygen atoms in total. The Labute approximate surface area is 131 Å². The molecule has 0 fully saturated rings. The molecule has 4 heteroatoms. The van der Waals surface area contributed by atoms with Gasteiger partial charge in [-0.2, -0.15) is 0 Å². The Morgan fingerprint density at radius 1 is 1.10 bits per heavy atom. The highest BCUT2D eigenvalue weighted by Gasteiger charge is 2.07. The van der Waals surface area contributed by atoms with Crippen LogP contribution in [-0.4, -0.2) is 23.3 Å². The second kappa shape index (κ2) is 7.66. The highest BCUT2D eigenvalue weighted by atomic mass is 32.1. The van der Waals surface area contributed by atoms with E-state index in [0.29, 0.717) is 5.92 Å². The van der Waals surface area contributed by atoms with E-state index in [2.05, 4.69) is 61.4 Å². The first-order chi connectivity index (χ1) is 10.0. The monoisotopic (exact) mass is 303 g/mol. The Bertz CT molecular complexity index is 555. The largest absolute Gasteiger partial charge is 0.316 e. The molecule has 0 aliphatic carbocycles. The molecule has 0 unspecified atom stereocenters. The Balaban J connectivity index is 1.89. The van der Waals surface area contributed by atoms with Crippen LogP contribution in [0.25, 0.3) is 10.6 Å². The SMILES string of the molecule is Cc1cc(C)cc(-c2nnc(CCCNCC(C)C)s2)c1. The van der Waals surface area contributed by atoms with Crippen molar-refractivity contribution in [1.29, 1.82) is 0 Å². The predicted molar refractivity (Wildman–Crippen MR) is 90.8 cm³/mol. The van der Waals surface area contributed by atoms with Crippen molar-refractivity contribution in [2.45, 2.75) is 40.5 Å². The summed E-state index contributed by atoms with van der Waals surface area (Å²) in [4.78, 5) is 0. The Morgan fingerprint density at radius 3 is 2.48 bits per heavy atom. The molecule has 0 bridgehead atoms. The molecule has 0 spiro atoms. The summed E-state index contributed by atoms with van der Waals surface area (Å²) in [6.45, 7) is 10.8. The normalized spacial score (nSPS) is 11.3. The minimum Gasteiger partial charge on any atom is -0.316 e. The summed E-state index contributed by atoms with van der Waals surface area (Å²) in [7, 11) is 0. The Morgan fingerprint density at radius 2 is 1.81 bits per heavy atom. The fraction of sp³-hybridized carbons (Fsp3) is 0.529. The first-order valence-electron chi connectivity index (χ1n) is 7.66. The topological polar surface area (TPSA) is 37.8 Å². The number of nitrogens with one attached hydrogen (secondary N) is 1. The van der Waals surface area contributed by atoms with E-state index in [1.165, 1.54) is 16.7 Å². The lowest BCUT2D eigenvalue weighted by molar-refractivity contribution is 0.542. The van der Waals surface area contributed by atoms with Gasteiger partial charge in [0.1, 0.15) is 10.0 Å². The van der Waals surface area contributed by atoms with Gasteiger partial charge in [-0.15, -0.1) is 10.2 Å². The van der Waals surface area contributed by atoms with E-state index in [-0.39, 0.29) is 0 Å². The molecule has 2 aromatic rings. The third kappa shape index (κ3) is 5.21. The lowest BCUT2D eigenvalue weighted by Gasteiger charge is -2.05. The lowest BCUT2D eigenvalue weighted by Crippen LogP contribution is -2.21. The van der Waals surface area contributed by atoms with Gasteiger partial charge in [-0.25, -0.2) is 0 Å². The van der Waals surface area contributed by atoms with Gasteiger partial charge in [0.05, 0.1) is 0 Å². The van der Waals surface area contributed by atoms with Crippen LogP contribution in [0.1, 0.15) is 36.4 Å². The number of aryl methyl sites for hydroxylation is 3. The van der Waals surface area contributed by atoms with Gasteiger partial charge < -0.3 is 5.32 Å². The van der Waals surface area contributed by atoms with E-state index in [1.54, 1.807) is 11.3 Å². The number of nitrogens with zero attached hydrogens (tertiary/aromatic N) is 2. The molecule has 0 saturated heterocycles. The lowest BCUT2D eigenvalue weighted by atomic mass is 10.1. The van der Waals surface area contributed by atoms with E-state index in [1.807, 2.05) is 0 Å². The van der Waals surface area contributed by atoms with Gasteiger partial charge in [-0.1, -0.05) is 42.4 Å². The van der Waals surface area contributed by atoms with Crippen LogP contribution in [0.5, 0.6) is 0 Å². The molecular formula is C17H25N3S. The average Bonchev–Trinajstić information content (AvgIpc) is 2.85. The van der Waals surface area contributed by atoms with Crippen molar-refractivity contribution < 1.29 is 0 Å². The van der Waals surface area contributed by atoms with E-state index < -0.39 is 0 Å². The fourth-order valence-electron chi connectivity index (χ4n) is 2.32. The minimum absolute atomic E-state index is 0.711. The molecule has 0 aliphatic heterocycles. The zero-order chi connectivity index (χ0) is 15.2. The molecule has 1 aromatic carbocycles. The summed E-state index contributed by atoms with van der Waals surface area (Å²) in [5, 5.41) is 14.3. The van der Waals surface area contributed by atoms with Crippen molar-refractivity contribution >= 4 is 11.3 Å². The van der Waals surface area contributed by atoms with Gasteiger partial charge >= 0.3 is 0 Å². The first-order valence-corrected chi connectivity index (χ1v) is 8.48. The van der Waals surface area contributed by atoms with Gasteiger partial charge in [0.2, 0.25) is 0 Å². The van der Waals surface area contributed by atoms with E-state index in [4.69, 9.17) is 0 Å². The third-order valence-corrected chi connectivity index (χ3v) is 4.26. The Hall–Kier alpha value is -1.26. The molecule has 0 radical (unpaired) electrons. The average molecular weight is 303 g/mol. The summed E-state index contributed by atoms with van der Waals surface area (Å²) >= 11 is 1.72. The molecule has 1 heterocycles. The van der Waals surface area contributed by atoms with Crippen LogP contribution in [0.4, 0.5) is 0 Å². The maximum Gasteiger partial charge on any atom is 0.147 e. The van der Waals surface area contributed by atoms with Gasteiger partial charge in [-0.05, 0) is 51.4 Å². The van der Waals surface area contributed by atoms with Crippen LogP contribution in [0, 0.1) is 19.8 Å². The van der Waals surface area contributed by atoms with Gasteiger partial charge in [-0.3, -0.25) is 0 Å². The molecule has 114 valence electrons. The number of rotatable bonds is 7. The van der Waals surface area contributed by atoms with Crippen molar-refractivity contribution in [3.63, 3.8) is 0 Å². The summed E-state index contributed by atoms with van der Waals surface area (Å²) < 4.78 is 0. The van der Waals surface area contributed by atoms with Gasteiger partial charge in [0, 0.05) is 12.0 Å². The number of hydrogen-bond donors (Lipinski definition) is 1. The smallest absolute Gasteiger partial charge is 0.147 e.